The molecule has 3 heterocycles. The fourth-order valence-corrected chi connectivity index (χ4v) is 4.46. The van der Waals surface area contributed by atoms with Crippen molar-refractivity contribution in [1.29, 1.82) is 0 Å². The van der Waals surface area contributed by atoms with Gasteiger partial charge in [0, 0.05) is 54.2 Å². The van der Waals surface area contributed by atoms with Gasteiger partial charge in [-0.25, -0.2) is 4.98 Å². The van der Waals surface area contributed by atoms with Crippen LogP contribution in [0.25, 0.3) is 22.2 Å². The van der Waals surface area contributed by atoms with Crippen molar-refractivity contribution >= 4 is 23.8 Å². The van der Waals surface area contributed by atoms with Crippen molar-refractivity contribution in [2.24, 2.45) is 7.05 Å². The average Bonchev–Trinajstić information content (AvgIpc) is 3.18. The van der Waals surface area contributed by atoms with E-state index in [4.69, 9.17) is 4.98 Å². The van der Waals surface area contributed by atoms with Crippen LogP contribution in [0.1, 0.15) is 51.0 Å². The molecule has 0 amide bonds. The third-order valence-corrected chi connectivity index (χ3v) is 5.73. The summed E-state index contributed by atoms with van der Waals surface area (Å²) in [4.78, 5) is 4.72. The monoisotopic (exact) mass is 369 g/mol. The molecule has 0 saturated heterocycles. The van der Waals surface area contributed by atoms with Gasteiger partial charge >= 0.3 is 0 Å². The minimum absolute atomic E-state index is 0.562. The molecule has 0 aromatic carbocycles. The van der Waals surface area contributed by atoms with Gasteiger partial charge in [0.2, 0.25) is 0 Å². The Morgan fingerprint density at radius 2 is 1.92 bits per heavy atom. The molecule has 0 spiro atoms. The van der Waals surface area contributed by atoms with Crippen molar-refractivity contribution in [2.75, 3.05) is 0 Å². The van der Waals surface area contributed by atoms with E-state index in [-0.39, 0.29) is 0 Å². The lowest BCUT2D eigenvalue weighted by molar-refractivity contribution is 0.326. The van der Waals surface area contributed by atoms with Crippen LogP contribution in [0.3, 0.4) is 0 Å². The smallest absolute Gasteiger partial charge is 0.150 e. The number of nitrogens with one attached hydrogen (secondary N) is 1. The Balaban J connectivity index is 1.62. The second-order valence-electron chi connectivity index (χ2n) is 7.80. The number of nitrogens with zero attached hydrogens (tertiary/aromatic N) is 4. The summed E-state index contributed by atoms with van der Waals surface area (Å²) in [5.74, 6) is 0.599. The first-order valence-corrected chi connectivity index (χ1v) is 9.86. The number of aryl methyl sites for hydroxylation is 1. The summed E-state index contributed by atoms with van der Waals surface area (Å²) < 4.78 is 3.64. The van der Waals surface area contributed by atoms with E-state index in [1.165, 1.54) is 31.2 Å². The number of rotatable bonds is 4. The molecule has 0 atom stereocenters. The molecular formula is C20H27N5S. The van der Waals surface area contributed by atoms with E-state index >= 15 is 0 Å². The number of hydrogen-bond donors (Lipinski definition) is 2. The summed E-state index contributed by atoms with van der Waals surface area (Å²) >= 11 is 4.55. The van der Waals surface area contributed by atoms with Gasteiger partial charge in [-0.3, -0.25) is 8.65 Å². The summed E-state index contributed by atoms with van der Waals surface area (Å²) in [6.07, 6.45) is 12.9. The Kier molecular flexibility index (Phi) is 4.80. The first-order chi connectivity index (χ1) is 12.5. The van der Waals surface area contributed by atoms with E-state index in [1.807, 2.05) is 40.5 Å². The van der Waals surface area contributed by atoms with Gasteiger partial charge in [0.05, 0.1) is 6.20 Å². The van der Waals surface area contributed by atoms with Gasteiger partial charge in [0.15, 0.2) is 0 Å². The van der Waals surface area contributed by atoms with Crippen molar-refractivity contribution in [3.8, 4) is 11.1 Å². The molecule has 1 fully saturated rings. The number of fused-ring (bicyclic) bond motifs is 1. The number of hydrogen-bond acceptors (Lipinski definition) is 4. The fourth-order valence-electron chi connectivity index (χ4n) is 4.19. The molecule has 138 valence electrons. The first-order valence-electron chi connectivity index (χ1n) is 9.46. The molecule has 1 N–H and O–H groups in total. The Morgan fingerprint density at radius 3 is 2.58 bits per heavy atom. The first kappa shape index (κ1) is 17.6. The predicted molar refractivity (Wildman–Crippen MR) is 110 cm³/mol. The molecule has 1 aliphatic rings. The van der Waals surface area contributed by atoms with Crippen molar-refractivity contribution in [3.63, 3.8) is 0 Å². The van der Waals surface area contributed by atoms with Crippen LogP contribution in [-0.2, 0) is 7.05 Å². The molecule has 6 heteroatoms. The maximum absolute atomic E-state index is 4.72. The van der Waals surface area contributed by atoms with Crippen molar-refractivity contribution < 1.29 is 0 Å². The van der Waals surface area contributed by atoms with E-state index in [9.17, 15) is 0 Å². The van der Waals surface area contributed by atoms with Gasteiger partial charge < -0.3 is 5.32 Å². The van der Waals surface area contributed by atoms with E-state index in [0.717, 1.165) is 22.2 Å². The highest BCUT2D eigenvalue weighted by Gasteiger charge is 2.24. The zero-order valence-electron chi connectivity index (χ0n) is 15.7. The highest BCUT2D eigenvalue weighted by atomic mass is 32.1. The predicted octanol–water partition coefficient (Wildman–Crippen LogP) is 4.15. The molecule has 3 aromatic heterocycles. The maximum Gasteiger partial charge on any atom is 0.150 e. The summed E-state index contributed by atoms with van der Waals surface area (Å²) in [5, 5.41) is 9.15. The molecule has 0 bridgehead atoms. The SMILES string of the molecule is CC(C)N[C@H]1CC[C@@H](c2cnc3c(c2)c(-c2cnn(C)c2)cn3S)CC1. The summed E-state index contributed by atoms with van der Waals surface area (Å²) in [6.45, 7) is 4.46. The molecule has 0 radical (unpaired) electrons. The topological polar surface area (TPSA) is 47.7 Å². The molecule has 1 saturated carbocycles. The summed E-state index contributed by atoms with van der Waals surface area (Å²) in [7, 11) is 1.94. The van der Waals surface area contributed by atoms with Crippen LogP contribution in [0.4, 0.5) is 0 Å². The molecule has 4 rings (SSSR count). The van der Waals surface area contributed by atoms with Crippen molar-refractivity contribution in [3.05, 3.63) is 36.4 Å². The highest BCUT2D eigenvalue weighted by molar-refractivity contribution is 7.78. The third-order valence-electron chi connectivity index (χ3n) is 5.43. The highest BCUT2D eigenvalue weighted by Crippen LogP contribution is 2.36. The zero-order valence-corrected chi connectivity index (χ0v) is 16.6. The molecule has 5 nitrogen and oxygen atoms in total. The van der Waals surface area contributed by atoms with E-state index in [0.29, 0.717) is 18.0 Å². The van der Waals surface area contributed by atoms with Crippen molar-refractivity contribution in [2.45, 2.75) is 57.5 Å². The van der Waals surface area contributed by atoms with Crippen LogP contribution in [0, 0.1) is 0 Å². The standard InChI is InChI=1S/C20H27N5S/c1-13(2)23-17-6-4-14(5-7-17)15-8-18-19(16-10-22-24(3)11-16)12-25(26)20(18)21-9-15/h8-14,17,23,26H,4-7H2,1-3H3/t14-,17+. The lowest BCUT2D eigenvalue weighted by atomic mass is 9.82. The molecule has 26 heavy (non-hydrogen) atoms. The largest absolute Gasteiger partial charge is 0.312 e. The average molecular weight is 370 g/mol. The van der Waals surface area contributed by atoms with Gasteiger partial charge in [-0.05, 0) is 43.2 Å². The minimum Gasteiger partial charge on any atom is -0.312 e. The number of thiol groups is 1. The van der Waals surface area contributed by atoms with Crippen LogP contribution >= 0.6 is 12.8 Å². The van der Waals surface area contributed by atoms with Crippen LogP contribution in [0.15, 0.2) is 30.9 Å². The van der Waals surface area contributed by atoms with Gasteiger partial charge in [-0.2, -0.15) is 5.10 Å². The van der Waals surface area contributed by atoms with Crippen LogP contribution in [0.2, 0.25) is 0 Å². The third kappa shape index (κ3) is 3.40. The van der Waals surface area contributed by atoms with E-state index < -0.39 is 0 Å². The number of aromatic nitrogens is 4. The zero-order chi connectivity index (χ0) is 18.3. The lowest BCUT2D eigenvalue weighted by Crippen LogP contribution is -2.37. The second kappa shape index (κ2) is 7.08. The Bertz CT molecular complexity index is 902. The van der Waals surface area contributed by atoms with Gasteiger partial charge in [0.1, 0.15) is 5.65 Å². The molecule has 0 aliphatic heterocycles. The molecule has 1 aliphatic carbocycles. The van der Waals surface area contributed by atoms with Crippen molar-refractivity contribution in [1.82, 2.24) is 24.1 Å². The Hall–Kier alpha value is -1.79. The van der Waals surface area contributed by atoms with Gasteiger partial charge in [-0.1, -0.05) is 26.7 Å². The van der Waals surface area contributed by atoms with Gasteiger partial charge in [0.25, 0.3) is 0 Å². The fraction of sp³-hybridized carbons (Fsp3) is 0.500. The lowest BCUT2D eigenvalue weighted by Gasteiger charge is -2.30. The molecule has 0 unspecified atom stereocenters. The maximum atomic E-state index is 4.72. The quantitative estimate of drug-likeness (QED) is 0.679. The summed E-state index contributed by atoms with van der Waals surface area (Å²) in [6, 6.07) is 3.54. The summed E-state index contributed by atoms with van der Waals surface area (Å²) in [5.41, 5.74) is 4.51. The second-order valence-corrected chi connectivity index (χ2v) is 8.23. The van der Waals surface area contributed by atoms with Crippen LogP contribution < -0.4 is 5.32 Å². The van der Waals surface area contributed by atoms with Crippen LogP contribution in [-0.4, -0.2) is 30.8 Å². The van der Waals surface area contributed by atoms with Gasteiger partial charge in [-0.15, -0.1) is 0 Å². The van der Waals surface area contributed by atoms with E-state index in [2.05, 4.69) is 43.1 Å². The van der Waals surface area contributed by atoms with E-state index in [1.54, 1.807) is 0 Å². The normalized spacial score (nSPS) is 21.0. The molecular weight excluding hydrogens is 342 g/mol. The molecule has 3 aromatic rings. The number of pyridine rings is 1. The minimum atomic E-state index is 0.562. The Morgan fingerprint density at radius 1 is 1.15 bits per heavy atom. The Labute approximate surface area is 160 Å². The van der Waals surface area contributed by atoms with Crippen LogP contribution in [0.5, 0.6) is 0 Å².